The van der Waals surface area contributed by atoms with Crippen LogP contribution in [0.25, 0.3) is 0 Å². The van der Waals surface area contributed by atoms with Crippen LogP contribution in [-0.4, -0.2) is 12.5 Å². The van der Waals surface area contributed by atoms with E-state index in [2.05, 4.69) is 11.7 Å². The molecule has 0 radical (unpaired) electrons. The second-order valence-corrected chi connectivity index (χ2v) is 3.48. The van der Waals surface area contributed by atoms with Crippen molar-refractivity contribution in [2.45, 2.75) is 25.7 Å². The van der Waals surface area contributed by atoms with Crippen molar-refractivity contribution in [3.63, 3.8) is 0 Å². The second kappa shape index (κ2) is 7.56. The number of thioether (sulfide) groups is 1. The Balaban J connectivity index is 0.000000791. The Morgan fingerprint density at radius 2 is 2.07 bits per heavy atom. The minimum Gasteiger partial charge on any atom is -0.260 e. The molecule has 0 saturated carbocycles. The van der Waals surface area contributed by atoms with Gasteiger partial charge in [-0.3, -0.25) is 4.99 Å². The smallest absolute Gasteiger partial charge is 0.149 e. The monoisotopic (exact) mass is 213 g/mol. The molecule has 78 valence electrons. The Kier molecular flexibility index (Phi) is 7.11. The molecule has 1 aromatic carbocycles. The van der Waals surface area contributed by atoms with Crippen molar-refractivity contribution in [2.75, 3.05) is 5.75 Å². The van der Waals surface area contributed by atoms with Gasteiger partial charge in [0.1, 0.15) is 11.5 Å². The number of para-hydroxylation sites is 1. The van der Waals surface area contributed by atoms with Gasteiger partial charge in [-0.1, -0.05) is 26.8 Å². The molecule has 0 heterocycles. The molecule has 0 bridgehead atoms. The lowest BCUT2D eigenvalue weighted by Gasteiger charge is -2.02. The van der Waals surface area contributed by atoms with Crippen molar-refractivity contribution in [1.82, 2.24) is 0 Å². The summed E-state index contributed by atoms with van der Waals surface area (Å²) in [5, 5.41) is 0. The number of halogens is 1. The lowest BCUT2D eigenvalue weighted by molar-refractivity contribution is 0.627. The van der Waals surface area contributed by atoms with Gasteiger partial charge >= 0.3 is 0 Å². The Hall–Kier alpha value is -0.830. The van der Waals surface area contributed by atoms with Gasteiger partial charge in [0.25, 0.3) is 0 Å². The predicted octanol–water partition coefficient (Wildman–Crippen LogP) is 4.30. The number of hydrogen-bond acceptors (Lipinski definition) is 2. The third-order valence-corrected chi connectivity index (χ3v) is 2.34. The molecular weight excluding hydrogens is 197 g/mol. The van der Waals surface area contributed by atoms with Gasteiger partial charge in [-0.05, 0) is 24.6 Å². The van der Waals surface area contributed by atoms with E-state index in [1.165, 1.54) is 6.07 Å². The first-order valence-electron chi connectivity index (χ1n) is 4.67. The predicted molar refractivity (Wildman–Crippen MR) is 63.4 cm³/mol. The number of benzene rings is 1. The molecule has 1 aromatic rings. The van der Waals surface area contributed by atoms with Crippen LogP contribution in [0, 0.1) is 5.82 Å². The van der Waals surface area contributed by atoms with Crippen LogP contribution >= 0.6 is 11.8 Å². The van der Waals surface area contributed by atoms with Crippen molar-refractivity contribution >= 4 is 24.2 Å². The first-order valence-corrected chi connectivity index (χ1v) is 5.66. The minimum atomic E-state index is -0.302. The van der Waals surface area contributed by atoms with Crippen molar-refractivity contribution in [3.05, 3.63) is 24.0 Å². The summed E-state index contributed by atoms with van der Waals surface area (Å²) in [6.07, 6.45) is 0. The van der Waals surface area contributed by atoms with Crippen LogP contribution in [0.4, 0.5) is 10.1 Å². The van der Waals surface area contributed by atoms with Crippen molar-refractivity contribution in [3.8, 4) is 0 Å². The molecule has 0 spiro atoms. The van der Waals surface area contributed by atoms with Gasteiger partial charge in [0, 0.05) is 4.90 Å². The normalized spacial score (nSPS) is 8.86. The summed E-state index contributed by atoms with van der Waals surface area (Å²) >= 11 is 1.57. The highest BCUT2D eigenvalue weighted by Gasteiger charge is 2.04. The minimum absolute atomic E-state index is 0.302. The molecule has 0 aliphatic heterocycles. The van der Waals surface area contributed by atoms with Crippen LogP contribution in [0.2, 0.25) is 0 Å². The summed E-state index contributed by atoms with van der Waals surface area (Å²) < 4.78 is 13.0. The van der Waals surface area contributed by atoms with E-state index >= 15 is 0 Å². The lowest BCUT2D eigenvalue weighted by atomic mass is 10.3. The second-order valence-electron chi connectivity index (χ2n) is 2.18. The molecule has 1 rings (SSSR count). The molecule has 0 aliphatic carbocycles. The Labute approximate surface area is 89.4 Å². The summed E-state index contributed by atoms with van der Waals surface area (Å²) in [5.74, 6) is 0.606. The average molecular weight is 213 g/mol. The van der Waals surface area contributed by atoms with E-state index in [9.17, 15) is 4.39 Å². The SMILES string of the molecule is C=Nc1c(F)cccc1SCC.CC. The summed E-state index contributed by atoms with van der Waals surface area (Å²) in [5.41, 5.74) is 0.365. The first-order chi connectivity index (χ1) is 6.79. The topological polar surface area (TPSA) is 12.4 Å². The maximum Gasteiger partial charge on any atom is 0.149 e. The molecule has 0 N–H and O–H groups in total. The molecule has 14 heavy (non-hydrogen) atoms. The molecule has 0 aliphatic rings. The van der Waals surface area contributed by atoms with Crippen molar-refractivity contribution in [1.29, 1.82) is 0 Å². The Morgan fingerprint density at radius 1 is 1.43 bits per heavy atom. The Morgan fingerprint density at radius 3 is 2.57 bits per heavy atom. The fourth-order valence-corrected chi connectivity index (χ4v) is 1.71. The first kappa shape index (κ1) is 13.2. The Bertz CT molecular complexity index is 287. The van der Waals surface area contributed by atoms with Gasteiger partial charge in [-0.25, -0.2) is 4.39 Å². The summed E-state index contributed by atoms with van der Waals surface area (Å²) in [7, 11) is 0. The van der Waals surface area contributed by atoms with E-state index in [-0.39, 0.29) is 5.82 Å². The third-order valence-electron chi connectivity index (χ3n) is 1.41. The maximum absolute atomic E-state index is 13.0. The fraction of sp³-hybridized carbons (Fsp3) is 0.364. The number of rotatable bonds is 3. The maximum atomic E-state index is 13.0. The quantitative estimate of drug-likeness (QED) is 0.538. The van der Waals surface area contributed by atoms with E-state index in [1.807, 2.05) is 26.8 Å². The van der Waals surface area contributed by atoms with Gasteiger partial charge in [0.05, 0.1) is 0 Å². The zero-order chi connectivity index (χ0) is 11.0. The molecule has 0 saturated heterocycles. The van der Waals surface area contributed by atoms with E-state index in [4.69, 9.17) is 0 Å². The standard InChI is InChI=1S/C9H10FNS.C2H6/c1-3-12-8-6-4-5-7(10)9(8)11-2;1-2/h4-6H,2-3H2,1H3;1-2H3. The summed E-state index contributed by atoms with van der Waals surface area (Å²) in [6, 6.07) is 4.92. The van der Waals surface area contributed by atoms with Crippen LogP contribution in [0.3, 0.4) is 0 Å². The molecule has 0 atom stereocenters. The molecule has 0 fully saturated rings. The molecular formula is C11H16FNS. The van der Waals surface area contributed by atoms with Crippen LogP contribution in [0.5, 0.6) is 0 Å². The lowest BCUT2D eigenvalue weighted by Crippen LogP contribution is -1.79. The highest BCUT2D eigenvalue weighted by atomic mass is 32.2. The van der Waals surface area contributed by atoms with Gasteiger partial charge < -0.3 is 0 Å². The van der Waals surface area contributed by atoms with Crippen molar-refractivity contribution in [2.24, 2.45) is 4.99 Å². The van der Waals surface area contributed by atoms with E-state index in [1.54, 1.807) is 17.8 Å². The van der Waals surface area contributed by atoms with Gasteiger partial charge in [0.15, 0.2) is 0 Å². The van der Waals surface area contributed by atoms with Crippen LogP contribution in [0.15, 0.2) is 28.1 Å². The number of hydrogen-bond donors (Lipinski definition) is 0. The van der Waals surface area contributed by atoms with Crippen LogP contribution in [-0.2, 0) is 0 Å². The van der Waals surface area contributed by atoms with Crippen LogP contribution < -0.4 is 0 Å². The number of nitrogens with zero attached hydrogens (tertiary/aromatic N) is 1. The molecule has 0 amide bonds. The molecule has 1 nitrogen and oxygen atoms in total. The van der Waals surface area contributed by atoms with E-state index in [0.29, 0.717) is 5.69 Å². The zero-order valence-electron chi connectivity index (χ0n) is 8.88. The zero-order valence-corrected chi connectivity index (χ0v) is 9.70. The van der Waals surface area contributed by atoms with Crippen LogP contribution in [0.1, 0.15) is 20.8 Å². The highest BCUT2D eigenvalue weighted by Crippen LogP contribution is 2.31. The van der Waals surface area contributed by atoms with Gasteiger partial charge in [-0.2, -0.15) is 0 Å². The average Bonchev–Trinajstić information content (AvgIpc) is 2.22. The van der Waals surface area contributed by atoms with E-state index < -0.39 is 0 Å². The largest absolute Gasteiger partial charge is 0.260 e. The highest BCUT2D eigenvalue weighted by molar-refractivity contribution is 7.99. The molecule has 3 heteroatoms. The third kappa shape index (κ3) is 3.50. The molecule has 0 unspecified atom stereocenters. The number of aliphatic imine (C=N–C) groups is 1. The summed E-state index contributed by atoms with van der Waals surface area (Å²) in [6.45, 7) is 9.35. The molecule has 0 aromatic heterocycles. The fourth-order valence-electron chi connectivity index (χ4n) is 0.921. The van der Waals surface area contributed by atoms with E-state index in [0.717, 1.165) is 10.6 Å². The van der Waals surface area contributed by atoms with Crippen molar-refractivity contribution < 1.29 is 4.39 Å². The van der Waals surface area contributed by atoms with Gasteiger partial charge in [0.2, 0.25) is 0 Å². The summed E-state index contributed by atoms with van der Waals surface area (Å²) in [4.78, 5) is 4.50. The van der Waals surface area contributed by atoms with Gasteiger partial charge in [-0.15, -0.1) is 11.8 Å².